The predicted octanol–water partition coefficient (Wildman–Crippen LogP) is 2.18. The van der Waals surface area contributed by atoms with Crippen molar-refractivity contribution in [2.75, 3.05) is 20.7 Å². The van der Waals surface area contributed by atoms with Gasteiger partial charge in [0.1, 0.15) is 11.6 Å². The summed E-state index contributed by atoms with van der Waals surface area (Å²) in [6, 6.07) is 4.73. The number of carbonyl (C=O) groups is 1. The van der Waals surface area contributed by atoms with Gasteiger partial charge in [0.25, 0.3) is 0 Å². The highest BCUT2D eigenvalue weighted by atomic mass is 19.1. The lowest BCUT2D eigenvalue weighted by molar-refractivity contribution is -0.129. The van der Waals surface area contributed by atoms with Gasteiger partial charge in [-0.25, -0.2) is 4.39 Å². The second-order valence-electron chi connectivity index (χ2n) is 5.17. The monoisotopic (exact) mass is 282 g/mol. The number of nitrogens with zero attached hydrogens (tertiary/aromatic N) is 1. The van der Waals surface area contributed by atoms with Crippen LogP contribution in [-0.4, -0.2) is 37.6 Å². The van der Waals surface area contributed by atoms with Gasteiger partial charge in [-0.15, -0.1) is 0 Å². The summed E-state index contributed by atoms with van der Waals surface area (Å²) in [5, 5.41) is 3.22. The SMILES string of the molecule is CC(C)NCc1cc(F)ccc1OCCC(=O)N(C)C. The number of ether oxygens (including phenoxy) is 1. The van der Waals surface area contributed by atoms with E-state index in [0.29, 0.717) is 24.8 Å². The molecule has 0 unspecified atom stereocenters. The summed E-state index contributed by atoms with van der Waals surface area (Å²) >= 11 is 0. The molecule has 1 aromatic rings. The maximum Gasteiger partial charge on any atom is 0.225 e. The zero-order valence-electron chi connectivity index (χ0n) is 12.6. The molecule has 5 heteroatoms. The fourth-order valence-electron chi connectivity index (χ4n) is 1.61. The molecule has 1 aromatic carbocycles. The van der Waals surface area contributed by atoms with Gasteiger partial charge in [-0.1, -0.05) is 13.8 Å². The topological polar surface area (TPSA) is 41.6 Å². The molecular weight excluding hydrogens is 259 g/mol. The summed E-state index contributed by atoms with van der Waals surface area (Å²) in [6.45, 7) is 4.87. The maximum atomic E-state index is 13.3. The largest absolute Gasteiger partial charge is 0.493 e. The number of hydrogen-bond donors (Lipinski definition) is 1. The first-order valence-corrected chi connectivity index (χ1v) is 6.75. The molecule has 0 aliphatic rings. The Morgan fingerprint density at radius 3 is 2.70 bits per heavy atom. The molecule has 0 aliphatic heterocycles. The summed E-state index contributed by atoms with van der Waals surface area (Å²) in [6.07, 6.45) is 0.307. The molecule has 20 heavy (non-hydrogen) atoms. The zero-order chi connectivity index (χ0) is 15.1. The first-order valence-electron chi connectivity index (χ1n) is 6.75. The Bertz CT molecular complexity index is 447. The van der Waals surface area contributed by atoms with E-state index in [1.807, 2.05) is 13.8 Å². The van der Waals surface area contributed by atoms with Crippen LogP contribution in [0.2, 0.25) is 0 Å². The lowest BCUT2D eigenvalue weighted by atomic mass is 10.2. The lowest BCUT2D eigenvalue weighted by Gasteiger charge is -2.15. The number of hydrogen-bond acceptors (Lipinski definition) is 3. The Balaban J connectivity index is 2.61. The van der Waals surface area contributed by atoms with Crippen molar-refractivity contribution in [3.05, 3.63) is 29.6 Å². The van der Waals surface area contributed by atoms with Crippen molar-refractivity contribution in [2.45, 2.75) is 32.9 Å². The van der Waals surface area contributed by atoms with Crippen LogP contribution in [0.15, 0.2) is 18.2 Å². The minimum absolute atomic E-state index is 0.00830. The Labute approximate surface area is 119 Å². The van der Waals surface area contributed by atoms with Crippen LogP contribution in [0.1, 0.15) is 25.8 Å². The van der Waals surface area contributed by atoms with Crippen molar-refractivity contribution in [1.29, 1.82) is 0 Å². The van der Waals surface area contributed by atoms with Crippen LogP contribution in [-0.2, 0) is 11.3 Å². The van der Waals surface area contributed by atoms with E-state index in [0.717, 1.165) is 5.56 Å². The van der Waals surface area contributed by atoms with Crippen molar-refractivity contribution < 1.29 is 13.9 Å². The van der Waals surface area contributed by atoms with Gasteiger partial charge in [-0.05, 0) is 18.2 Å². The van der Waals surface area contributed by atoms with Gasteiger partial charge >= 0.3 is 0 Å². The molecule has 0 radical (unpaired) electrons. The highest BCUT2D eigenvalue weighted by Gasteiger charge is 2.08. The molecule has 0 spiro atoms. The number of nitrogens with one attached hydrogen (secondary N) is 1. The van der Waals surface area contributed by atoms with E-state index in [4.69, 9.17) is 4.74 Å². The fourth-order valence-corrected chi connectivity index (χ4v) is 1.61. The van der Waals surface area contributed by atoms with Gasteiger partial charge in [0.15, 0.2) is 0 Å². The summed E-state index contributed by atoms with van der Waals surface area (Å²) in [7, 11) is 3.41. The number of carbonyl (C=O) groups excluding carboxylic acids is 1. The normalized spacial score (nSPS) is 10.7. The van der Waals surface area contributed by atoms with E-state index in [9.17, 15) is 9.18 Å². The van der Waals surface area contributed by atoms with Gasteiger partial charge in [0, 0.05) is 32.2 Å². The molecule has 0 fully saturated rings. The molecule has 1 amide bonds. The molecule has 0 bridgehead atoms. The Morgan fingerprint density at radius 2 is 2.10 bits per heavy atom. The first-order chi connectivity index (χ1) is 9.40. The van der Waals surface area contributed by atoms with Crippen LogP contribution in [0.25, 0.3) is 0 Å². The van der Waals surface area contributed by atoms with E-state index < -0.39 is 0 Å². The Kier molecular flexibility index (Phi) is 6.45. The van der Waals surface area contributed by atoms with Crippen molar-refractivity contribution in [1.82, 2.24) is 10.2 Å². The highest BCUT2D eigenvalue weighted by Crippen LogP contribution is 2.20. The molecule has 0 aromatic heterocycles. The van der Waals surface area contributed by atoms with Gasteiger partial charge < -0.3 is 15.0 Å². The molecule has 0 aliphatic carbocycles. The molecular formula is C15H23FN2O2. The molecule has 1 N–H and O–H groups in total. The average molecular weight is 282 g/mol. The molecule has 1 rings (SSSR count). The van der Waals surface area contributed by atoms with E-state index in [2.05, 4.69) is 5.32 Å². The maximum absolute atomic E-state index is 13.3. The molecule has 0 heterocycles. The molecule has 0 saturated carbocycles. The van der Waals surface area contributed by atoms with Crippen LogP contribution in [0.5, 0.6) is 5.75 Å². The van der Waals surface area contributed by atoms with Crippen LogP contribution in [0.3, 0.4) is 0 Å². The smallest absolute Gasteiger partial charge is 0.225 e. The van der Waals surface area contributed by atoms with Gasteiger partial charge in [0.2, 0.25) is 5.91 Å². The third-order valence-electron chi connectivity index (χ3n) is 2.80. The summed E-state index contributed by atoms with van der Waals surface area (Å²) in [4.78, 5) is 13.0. The van der Waals surface area contributed by atoms with E-state index in [1.165, 1.54) is 17.0 Å². The van der Waals surface area contributed by atoms with Crippen molar-refractivity contribution in [3.8, 4) is 5.75 Å². The average Bonchev–Trinajstić information content (AvgIpc) is 2.38. The Hall–Kier alpha value is -1.62. The quantitative estimate of drug-likeness (QED) is 0.833. The number of halogens is 1. The second-order valence-corrected chi connectivity index (χ2v) is 5.17. The Morgan fingerprint density at radius 1 is 1.40 bits per heavy atom. The summed E-state index contributed by atoms with van der Waals surface area (Å²) in [5.74, 6) is 0.336. The van der Waals surface area contributed by atoms with Gasteiger partial charge in [0.05, 0.1) is 13.0 Å². The minimum Gasteiger partial charge on any atom is -0.493 e. The number of amides is 1. The molecule has 4 nitrogen and oxygen atoms in total. The minimum atomic E-state index is -0.290. The summed E-state index contributed by atoms with van der Waals surface area (Å²) < 4.78 is 18.9. The van der Waals surface area contributed by atoms with Gasteiger partial charge in [-0.3, -0.25) is 4.79 Å². The van der Waals surface area contributed by atoms with Crippen molar-refractivity contribution in [2.24, 2.45) is 0 Å². The highest BCUT2D eigenvalue weighted by molar-refractivity contribution is 5.75. The van der Waals surface area contributed by atoms with E-state index in [-0.39, 0.29) is 18.3 Å². The molecule has 0 saturated heterocycles. The van der Waals surface area contributed by atoms with E-state index in [1.54, 1.807) is 20.2 Å². The number of benzene rings is 1. The third-order valence-corrected chi connectivity index (χ3v) is 2.80. The second kappa shape index (κ2) is 7.85. The fraction of sp³-hybridized carbons (Fsp3) is 0.533. The number of rotatable bonds is 7. The van der Waals surface area contributed by atoms with Crippen LogP contribution in [0, 0.1) is 5.82 Å². The lowest BCUT2D eigenvalue weighted by Crippen LogP contribution is -2.24. The van der Waals surface area contributed by atoms with Crippen LogP contribution >= 0.6 is 0 Å². The van der Waals surface area contributed by atoms with Crippen LogP contribution in [0.4, 0.5) is 4.39 Å². The first kappa shape index (κ1) is 16.4. The van der Waals surface area contributed by atoms with Gasteiger partial charge in [-0.2, -0.15) is 0 Å². The van der Waals surface area contributed by atoms with E-state index >= 15 is 0 Å². The van der Waals surface area contributed by atoms with Crippen molar-refractivity contribution in [3.63, 3.8) is 0 Å². The van der Waals surface area contributed by atoms with Crippen molar-refractivity contribution >= 4 is 5.91 Å². The summed E-state index contributed by atoms with van der Waals surface area (Å²) in [5.41, 5.74) is 0.760. The predicted molar refractivity (Wildman–Crippen MR) is 77.2 cm³/mol. The standard InChI is InChI=1S/C15H23FN2O2/c1-11(2)17-10-12-9-13(16)5-6-14(12)20-8-7-15(19)18(3)4/h5-6,9,11,17H,7-8,10H2,1-4H3. The zero-order valence-corrected chi connectivity index (χ0v) is 12.6. The third kappa shape index (κ3) is 5.57. The molecule has 0 atom stereocenters. The molecule has 112 valence electrons. The van der Waals surface area contributed by atoms with Crippen LogP contribution < -0.4 is 10.1 Å².